The van der Waals surface area contributed by atoms with Crippen molar-refractivity contribution in [2.45, 2.75) is 26.2 Å². The molecule has 2 aromatic rings. The van der Waals surface area contributed by atoms with Gasteiger partial charge >= 0.3 is 6.18 Å². The number of guanidine groups is 1. The van der Waals surface area contributed by atoms with Crippen LogP contribution in [0.4, 0.5) is 13.2 Å². The van der Waals surface area contributed by atoms with E-state index < -0.39 is 12.8 Å². The van der Waals surface area contributed by atoms with Gasteiger partial charge < -0.3 is 15.4 Å². The molecule has 0 radical (unpaired) electrons. The summed E-state index contributed by atoms with van der Waals surface area (Å²) in [6.07, 6.45) is -3.01. The lowest BCUT2D eigenvalue weighted by molar-refractivity contribution is -0.154. The Morgan fingerprint density at radius 2 is 2.00 bits per heavy atom. The number of aromatic nitrogens is 1. The molecular formula is C16H19F3N4OS. The Morgan fingerprint density at radius 1 is 1.24 bits per heavy atom. The molecule has 2 rings (SSSR count). The van der Waals surface area contributed by atoms with Gasteiger partial charge in [0.05, 0.1) is 6.54 Å². The normalized spacial score (nSPS) is 12.1. The van der Waals surface area contributed by atoms with E-state index in [9.17, 15) is 13.2 Å². The van der Waals surface area contributed by atoms with Crippen LogP contribution >= 0.6 is 11.3 Å². The summed E-state index contributed by atoms with van der Waals surface area (Å²) in [5.41, 5.74) is 0.515. The van der Waals surface area contributed by atoms with Crippen LogP contribution in [0.1, 0.15) is 15.3 Å². The Labute approximate surface area is 148 Å². The summed E-state index contributed by atoms with van der Waals surface area (Å²) >= 11 is 1.68. The first-order valence-electron chi connectivity index (χ1n) is 7.50. The van der Waals surface area contributed by atoms with E-state index in [0.29, 0.717) is 18.1 Å². The van der Waals surface area contributed by atoms with Crippen molar-refractivity contribution in [3.8, 4) is 5.88 Å². The van der Waals surface area contributed by atoms with Crippen molar-refractivity contribution in [1.82, 2.24) is 15.6 Å². The van der Waals surface area contributed by atoms with Gasteiger partial charge in [-0.15, -0.1) is 11.3 Å². The highest BCUT2D eigenvalue weighted by molar-refractivity contribution is 7.11. The molecule has 136 valence electrons. The number of thiophene rings is 1. The number of halogens is 3. The second kappa shape index (κ2) is 8.70. The smallest absolute Gasteiger partial charge is 0.422 e. The van der Waals surface area contributed by atoms with Gasteiger partial charge in [-0.1, -0.05) is 6.07 Å². The quantitative estimate of drug-likeness (QED) is 0.604. The van der Waals surface area contributed by atoms with E-state index in [4.69, 9.17) is 4.74 Å². The Morgan fingerprint density at radius 3 is 2.64 bits per heavy atom. The SMILES string of the molecule is CN=C(NCc1ccc(C)s1)NCc1cccnc1OCC(F)(F)F. The number of nitrogens with one attached hydrogen (secondary N) is 2. The summed E-state index contributed by atoms with van der Waals surface area (Å²) in [5.74, 6) is 0.494. The molecule has 2 aromatic heterocycles. The van der Waals surface area contributed by atoms with E-state index in [1.807, 2.05) is 19.1 Å². The molecule has 0 saturated heterocycles. The maximum Gasteiger partial charge on any atom is 0.422 e. The Bertz CT molecular complexity index is 715. The molecule has 25 heavy (non-hydrogen) atoms. The number of aryl methyl sites for hydroxylation is 1. The monoisotopic (exact) mass is 372 g/mol. The van der Waals surface area contributed by atoms with Crippen LogP contribution in [-0.2, 0) is 13.1 Å². The Kier molecular flexibility index (Phi) is 6.63. The molecule has 0 aliphatic carbocycles. The van der Waals surface area contributed by atoms with Crippen molar-refractivity contribution in [1.29, 1.82) is 0 Å². The van der Waals surface area contributed by atoms with Crippen molar-refractivity contribution in [3.05, 3.63) is 45.8 Å². The predicted molar refractivity (Wildman–Crippen MR) is 91.9 cm³/mol. The molecular weight excluding hydrogens is 353 g/mol. The van der Waals surface area contributed by atoms with E-state index in [0.717, 1.165) is 4.88 Å². The zero-order valence-electron chi connectivity index (χ0n) is 13.9. The predicted octanol–water partition coefficient (Wildman–Crippen LogP) is 3.26. The third kappa shape index (κ3) is 6.61. The maximum atomic E-state index is 12.3. The summed E-state index contributed by atoms with van der Waals surface area (Å²) in [6.45, 7) is 1.51. The molecule has 0 saturated carbocycles. The van der Waals surface area contributed by atoms with Crippen LogP contribution in [0.2, 0.25) is 0 Å². The second-order valence-electron chi connectivity index (χ2n) is 5.16. The van der Waals surface area contributed by atoms with Gasteiger partial charge in [0.2, 0.25) is 5.88 Å². The fourth-order valence-corrected chi connectivity index (χ4v) is 2.82. The van der Waals surface area contributed by atoms with Gasteiger partial charge in [0.15, 0.2) is 12.6 Å². The fraction of sp³-hybridized carbons (Fsp3) is 0.375. The summed E-state index contributed by atoms with van der Waals surface area (Å²) < 4.78 is 41.7. The van der Waals surface area contributed by atoms with Crippen LogP contribution < -0.4 is 15.4 Å². The van der Waals surface area contributed by atoms with Crippen molar-refractivity contribution >= 4 is 17.3 Å². The highest BCUT2D eigenvalue weighted by Gasteiger charge is 2.29. The minimum atomic E-state index is -4.40. The van der Waals surface area contributed by atoms with Gasteiger partial charge in [0, 0.05) is 35.1 Å². The fourth-order valence-electron chi connectivity index (χ4n) is 1.99. The van der Waals surface area contributed by atoms with Gasteiger partial charge in [-0.2, -0.15) is 13.2 Å². The highest BCUT2D eigenvalue weighted by Crippen LogP contribution is 2.20. The number of hydrogen-bond acceptors (Lipinski definition) is 4. The van der Waals surface area contributed by atoms with Gasteiger partial charge in [-0.25, -0.2) is 4.98 Å². The molecule has 0 fully saturated rings. The zero-order chi connectivity index (χ0) is 18.3. The number of rotatable bonds is 6. The topological polar surface area (TPSA) is 58.5 Å². The summed E-state index contributed by atoms with van der Waals surface area (Å²) in [7, 11) is 1.62. The van der Waals surface area contributed by atoms with Crippen molar-refractivity contribution in [2.75, 3.05) is 13.7 Å². The largest absolute Gasteiger partial charge is 0.468 e. The van der Waals surface area contributed by atoms with Gasteiger partial charge in [-0.3, -0.25) is 4.99 Å². The third-order valence-corrected chi connectivity index (χ3v) is 4.12. The number of hydrogen-bond donors (Lipinski definition) is 2. The summed E-state index contributed by atoms with van der Waals surface area (Å²) in [4.78, 5) is 10.3. The maximum absolute atomic E-state index is 12.3. The van der Waals surface area contributed by atoms with E-state index >= 15 is 0 Å². The van der Waals surface area contributed by atoms with Crippen LogP contribution in [0.15, 0.2) is 35.5 Å². The van der Waals surface area contributed by atoms with Crippen molar-refractivity contribution < 1.29 is 17.9 Å². The van der Waals surface area contributed by atoms with E-state index in [1.54, 1.807) is 30.5 Å². The number of aliphatic imine (C=N–C) groups is 1. The van der Waals surface area contributed by atoms with Crippen molar-refractivity contribution in [3.63, 3.8) is 0 Å². The van der Waals surface area contributed by atoms with Crippen LogP contribution in [0.25, 0.3) is 0 Å². The van der Waals surface area contributed by atoms with Crippen LogP contribution in [0.3, 0.4) is 0 Å². The molecule has 9 heteroatoms. The highest BCUT2D eigenvalue weighted by atomic mass is 32.1. The first-order chi connectivity index (χ1) is 11.9. The zero-order valence-corrected chi connectivity index (χ0v) is 14.7. The first-order valence-corrected chi connectivity index (χ1v) is 8.32. The first kappa shape index (κ1) is 19.0. The molecule has 0 aliphatic rings. The molecule has 2 heterocycles. The van der Waals surface area contributed by atoms with Crippen LogP contribution in [-0.4, -0.2) is 30.8 Å². The average molecular weight is 372 g/mol. The molecule has 5 nitrogen and oxygen atoms in total. The molecule has 0 aliphatic heterocycles. The Hall–Kier alpha value is -2.29. The molecule has 0 atom stereocenters. The molecule has 0 unspecified atom stereocenters. The van der Waals surface area contributed by atoms with E-state index in [-0.39, 0.29) is 12.4 Å². The molecule has 0 bridgehead atoms. The average Bonchev–Trinajstić information content (AvgIpc) is 2.98. The lowest BCUT2D eigenvalue weighted by Gasteiger charge is -2.14. The molecule has 2 N–H and O–H groups in total. The van der Waals surface area contributed by atoms with Crippen molar-refractivity contribution in [2.24, 2.45) is 4.99 Å². The van der Waals surface area contributed by atoms with Crippen LogP contribution in [0.5, 0.6) is 5.88 Å². The second-order valence-corrected chi connectivity index (χ2v) is 6.54. The lowest BCUT2D eigenvalue weighted by Crippen LogP contribution is -2.36. The minimum Gasteiger partial charge on any atom is -0.468 e. The number of alkyl halides is 3. The van der Waals surface area contributed by atoms with E-state index in [2.05, 4.69) is 20.6 Å². The standard InChI is InChI=1S/C16H19F3N4OS/c1-11-5-6-13(25-11)9-23-15(20-2)22-8-12-4-3-7-21-14(12)24-10-16(17,18)19/h3-7H,8-10H2,1-2H3,(H2,20,22,23). The Balaban J connectivity index is 1.90. The molecule has 0 aromatic carbocycles. The lowest BCUT2D eigenvalue weighted by atomic mass is 10.2. The number of ether oxygens (including phenoxy) is 1. The van der Waals surface area contributed by atoms with Gasteiger partial charge in [0.1, 0.15) is 0 Å². The summed E-state index contributed by atoms with van der Waals surface area (Å²) in [6, 6.07) is 7.37. The molecule has 0 spiro atoms. The number of nitrogens with zero attached hydrogens (tertiary/aromatic N) is 2. The molecule has 0 amide bonds. The third-order valence-electron chi connectivity index (χ3n) is 3.12. The number of pyridine rings is 1. The summed E-state index contributed by atoms with van der Waals surface area (Å²) in [5, 5.41) is 6.20. The minimum absolute atomic E-state index is 0.0448. The van der Waals surface area contributed by atoms with Crippen LogP contribution in [0, 0.1) is 6.92 Å². The van der Waals surface area contributed by atoms with Gasteiger partial charge in [0.25, 0.3) is 0 Å². The van der Waals surface area contributed by atoms with Gasteiger partial charge in [-0.05, 0) is 25.1 Å². The van der Waals surface area contributed by atoms with E-state index in [1.165, 1.54) is 11.1 Å².